The second-order valence-corrected chi connectivity index (χ2v) is 4.62. The van der Waals surface area contributed by atoms with Gasteiger partial charge in [-0.15, -0.1) is 0 Å². The van der Waals surface area contributed by atoms with Crippen molar-refractivity contribution in [2.24, 2.45) is 0 Å². The van der Waals surface area contributed by atoms with E-state index in [1.165, 1.54) is 0 Å². The summed E-state index contributed by atoms with van der Waals surface area (Å²) in [7, 11) is 0. The van der Waals surface area contributed by atoms with Crippen molar-refractivity contribution in [3.63, 3.8) is 0 Å². The van der Waals surface area contributed by atoms with Gasteiger partial charge in [0.05, 0.1) is 22.7 Å². The first kappa shape index (κ1) is 14.9. The molecule has 2 rings (SSSR count). The fourth-order valence-corrected chi connectivity index (χ4v) is 2.22. The Hall–Kier alpha value is -2.55. The second-order valence-electron chi connectivity index (χ2n) is 4.62. The Labute approximate surface area is 117 Å². The second kappa shape index (κ2) is 5.44. The van der Waals surface area contributed by atoms with Crippen LogP contribution in [0.2, 0.25) is 0 Å². The number of hydrogen-bond acceptors (Lipinski definition) is 5. The number of benzene rings is 1. The van der Waals surface area contributed by atoms with Gasteiger partial charge < -0.3 is 15.1 Å². The molecule has 1 heterocycles. The molecular formula is C12H11FN2O6. The van der Waals surface area contributed by atoms with Gasteiger partial charge in [0.1, 0.15) is 11.9 Å². The number of rotatable bonds is 3. The summed E-state index contributed by atoms with van der Waals surface area (Å²) in [6, 6.07) is 1.23. The summed E-state index contributed by atoms with van der Waals surface area (Å²) in [5, 5.41) is 29.0. The van der Waals surface area contributed by atoms with Gasteiger partial charge in [-0.1, -0.05) is 0 Å². The lowest BCUT2D eigenvalue weighted by atomic mass is 10.1. The molecule has 1 aromatic carbocycles. The van der Waals surface area contributed by atoms with Crippen LogP contribution < -0.4 is 0 Å². The van der Waals surface area contributed by atoms with Crippen molar-refractivity contribution in [1.82, 2.24) is 4.90 Å². The summed E-state index contributed by atoms with van der Waals surface area (Å²) in [5.41, 5.74) is -0.985. The van der Waals surface area contributed by atoms with Gasteiger partial charge in [-0.2, -0.15) is 0 Å². The third kappa shape index (κ3) is 2.82. The quantitative estimate of drug-likeness (QED) is 0.615. The number of aliphatic hydroxyl groups is 1. The van der Waals surface area contributed by atoms with E-state index in [0.717, 1.165) is 17.0 Å². The largest absolute Gasteiger partial charge is 0.480 e. The van der Waals surface area contributed by atoms with Crippen LogP contribution in [0.15, 0.2) is 18.2 Å². The van der Waals surface area contributed by atoms with Crippen LogP contribution in [0.3, 0.4) is 0 Å². The normalized spacial score (nSPS) is 21.3. The van der Waals surface area contributed by atoms with Gasteiger partial charge in [-0.25, -0.2) is 9.18 Å². The first-order chi connectivity index (χ1) is 9.81. The third-order valence-corrected chi connectivity index (χ3v) is 3.22. The highest BCUT2D eigenvalue weighted by Crippen LogP contribution is 2.24. The Balaban J connectivity index is 2.31. The predicted molar refractivity (Wildman–Crippen MR) is 66.1 cm³/mol. The number of aliphatic carboxylic acids is 1. The van der Waals surface area contributed by atoms with Gasteiger partial charge >= 0.3 is 5.97 Å². The topological polar surface area (TPSA) is 121 Å². The van der Waals surface area contributed by atoms with Gasteiger partial charge in [0.2, 0.25) is 0 Å². The Morgan fingerprint density at radius 2 is 2.10 bits per heavy atom. The van der Waals surface area contributed by atoms with Crippen molar-refractivity contribution < 1.29 is 29.1 Å². The first-order valence-electron chi connectivity index (χ1n) is 5.97. The smallest absolute Gasteiger partial charge is 0.326 e. The number of nitrogens with zero attached hydrogens (tertiary/aromatic N) is 2. The van der Waals surface area contributed by atoms with E-state index in [4.69, 9.17) is 5.11 Å². The molecule has 1 amide bonds. The molecule has 0 aromatic heterocycles. The van der Waals surface area contributed by atoms with Crippen LogP contribution in [0.1, 0.15) is 16.8 Å². The molecule has 2 unspecified atom stereocenters. The van der Waals surface area contributed by atoms with E-state index in [-0.39, 0.29) is 13.0 Å². The zero-order valence-electron chi connectivity index (χ0n) is 10.6. The summed E-state index contributed by atoms with van der Waals surface area (Å²) >= 11 is 0. The molecule has 0 aliphatic carbocycles. The van der Waals surface area contributed by atoms with Crippen LogP contribution in [0.5, 0.6) is 0 Å². The molecule has 21 heavy (non-hydrogen) atoms. The molecule has 1 fully saturated rings. The third-order valence-electron chi connectivity index (χ3n) is 3.22. The number of carboxylic acid groups (broad SMARTS) is 1. The molecule has 0 spiro atoms. The zero-order chi connectivity index (χ0) is 15.7. The summed E-state index contributed by atoms with van der Waals surface area (Å²) in [5.74, 6) is -3.34. The van der Waals surface area contributed by atoms with E-state index in [1.807, 2.05) is 0 Å². The number of carbonyl (C=O) groups is 2. The summed E-state index contributed by atoms with van der Waals surface area (Å²) < 4.78 is 13.8. The van der Waals surface area contributed by atoms with Crippen LogP contribution in [0, 0.1) is 15.9 Å². The maximum Gasteiger partial charge on any atom is 0.326 e. The van der Waals surface area contributed by atoms with Crippen molar-refractivity contribution in [2.75, 3.05) is 6.54 Å². The lowest BCUT2D eigenvalue weighted by Crippen LogP contribution is -2.40. The molecule has 0 bridgehead atoms. The van der Waals surface area contributed by atoms with Crippen molar-refractivity contribution in [1.29, 1.82) is 0 Å². The van der Waals surface area contributed by atoms with E-state index in [9.17, 15) is 29.2 Å². The van der Waals surface area contributed by atoms with E-state index >= 15 is 0 Å². The number of nitro groups is 1. The molecule has 9 heteroatoms. The van der Waals surface area contributed by atoms with Crippen LogP contribution in [0.4, 0.5) is 10.1 Å². The zero-order valence-corrected chi connectivity index (χ0v) is 10.6. The molecule has 0 radical (unpaired) electrons. The number of carbonyl (C=O) groups excluding carboxylic acids is 1. The Bertz CT molecular complexity index is 620. The van der Waals surface area contributed by atoms with Gasteiger partial charge in [0.25, 0.3) is 11.6 Å². The number of aliphatic hydroxyl groups excluding tert-OH is 1. The average Bonchev–Trinajstić information content (AvgIpc) is 2.80. The number of hydrogen-bond donors (Lipinski definition) is 2. The lowest BCUT2D eigenvalue weighted by molar-refractivity contribution is -0.385. The number of non-ortho nitro benzene ring substituents is 1. The molecule has 2 N–H and O–H groups in total. The Kier molecular flexibility index (Phi) is 3.85. The first-order valence-corrected chi connectivity index (χ1v) is 5.97. The van der Waals surface area contributed by atoms with E-state index in [1.54, 1.807) is 0 Å². The summed E-state index contributed by atoms with van der Waals surface area (Å²) in [6.07, 6.45) is -1.15. The summed E-state index contributed by atoms with van der Waals surface area (Å²) in [6.45, 7) is -0.230. The Morgan fingerprint density at radius 1 is 1.43 bits per heavy atom. The SMILES string of the molecule is O=C(O)C1CC(O)CN1C(=O)c1ccc([N+](=O)[O-])cc1F. The fraction of sp³-hybridized carbons (Fsp3) is 0.333. The number of β-amino-alcohol motifs (C(OH)–C–C–N with tert-alkyl or cyclic N) is 1. The van der Waals surface area contributed by atoms with Crippen molar-refractivity contribution in [3.05, 3.63) is 39.7 Å². The van der Waals surface area contributed by atoms with Crippen LogP contribution in [-0.4, -0.2) is 50.6 Å². The Morgan fingerprint density at radius 3 is 2.62 bits per heavy atom. The number of halogens is 1. The predicted octanol–water partition coefficient (Wildman–Crippen LogP) is 0.394. The van der Waals surface area contributed by atoms with Crippen molar-refractivity contribution >= 4 is 17.6 Å². The standard InChI is InChI=1S/C12H11FN2O6/c13-9-3-6(15(20)21)1-2-8(9)11(17)14-5-7(16)4-10(14)12(18)19/h1-3,7,10,16H,4-5H2,(H,18,19). The highest BCUT2D eigenvalue weighted by molar-refractivity contribution is 5.97. The lowest BCUT2D eigenvalue weighted by Gasteiger charge is -2.21. The van der Waals surface area contributed by atoms with E-state index < -0.39 is 46.0 Å². The van der Waals surface area contributed by atoms with Crippen LogP contribution in [-0.2, 0) is 4.79 Å². The number of amides is 1. The minimum Gasteiger partial charge on any atom is -0.480 e. The molecular weight excluding hydrogens is 287 g/mol. The van der Waals surface area contributed by atoms with Crippen molar-refractivity contribution in [3.8, 4) is 0 Å². The van der Waals surface area contributed by atoms with Crippen LogP contribution in [0.25, 0.3) is 0 Å². The van der Waals surface area contributed by atoms with E-state index in [0.29, 0.717) is 6.07 Å². The van der Waals surface area contributed by atoms with Crippen molar-refractivity contribution in [2.45, 2.75) is 18.6 Å². The average molecular weight is 298 g/mol. The molecule has 1 saturated heterocycles. The molecule has 1 aromatic rings. The molecule has 0 saturated carbocycles. The van der Waals surface area contributed by atoms with E-state index in [2.05, 4.69) is 0 Å². The number of nitro benzene ring substituents is 1. The maximum atomic E-state index is 13.8. The minimum atomic E-state index is -1.30. The maximum absolute atomic E-state index is 13.8. The monoisotopic (exact) mass is 298 g/mol. The molecule has 8 nitrogen and oxygen atoms in total. The van der Waals surface area contributed by atoms with Gasteiger partial charge in [0.15, 0.2) is 0 Å². The summed E-state index contributed by atoms with van der Waals surface area (Å²) in [4.78, 5) is 33.7. The molecule has 1 aliphatic rings. The van der Waals surface area contributed by atoms with Gasteiger partial charge in [-0.3, -0.25) is 14.9 Å². The molecule has 2 atom stereocenters. The molecule has 1 aliphatic heterocycles. The minimum absolute atomic E-state index is 0.143. The van der Waals surface area contributed by atoms with Gasteiger partial charge in [-0.05, 0) is 6.07 Å². The fourth-order valence-electron chi connectivity index (χ4n) is 2.22. The number of likely N-dealkylation sites (tertiary alicyclic amines) is 1. The van der Waals surface area contributed by atoms with Crippen LogP contribution >= 0.6 is 0 Å². The highest BCUT2D eigenvalue weighted by atomic mass is 19.1. The number of carboxylic acids is 1. The highest BCUT2D eigenvalue weighted by Gasteiger charge is 2.40. The van der Waals surface area contributed by atoms with Gasteiger partial charge in [0, 0.05) is 19.0 Å². The molecule has 112 valence electrons.